The van der Waals surface area contributed by atoms with Crippen molar-refractivity contribution in [2.75, 3.05) is 26.4 Å². The Balaban J connectivity index is 1.60. The first-order valence-corrected chi connectivity index (χ1v) is 6.96. The van der Waals surface area contributed by atoms with Crippen LogP contribution in [0.1, 0.15) is 25.3 Å². The summed E-state index contributed by atoms with van der Waals surface area (Å²) in [7, 11) is 0. The van der Waals surface area contributed by atoms with Crippen molar-refractivity contribution in [2.45, 2.75) is 26.2 Å². The fraction of sp³-hybridized carbons (Fsp3) is 0.600. The van der Waals surface area contributed by atoms with Gasteiger partial charge in [0.25, 0.3) is 0 Å². The topological polar surface area (TPSA) is 21.7 Å². The van der Waals surface area contributed by atoms with Gasteiger partial charge in [0.05, 0.1) is 0 Å². The maximum absolute atomic E-state index is 5.43. The minimum Gasteiger partial charge on any atom is -0.454 e. The van der Waals surface area contributed by atoms with Crippen LogP contribution in [0.4, 0.5) is 0 Å². The van der Waals surface area contributed by atoms with Gasteiger partial charge in [-0.25, -0.2) is 0 Å². The highest BCUT2D eigenvalue weighted by Crippen LogP contribution is 2.33. The van der Waals surface area contributed by atoms with Gasteiger partial charge in [-0.1, -0.05) is 13.0 Å². The summed E-state index contributed by atoms with van der Waals surface area (Å²) in [4.78, 5) is 2.58. The average Bonchev–Trinajstić information content (AvgIpc) is 2.98. The SMILES string of the molecule is CCCN1CCC(Cc2ccc3c(c2)OCO3)C1. The zero-order valence-corrected chi connectivity index (χ0v) is 11.0. The zero-order valence-electron chi connectivity index (χ0n) is 11.0. The van der Waals surface area contributed by atoms with Crippen molar-refractivity contribution >= 4 is 0 Å². The summed E-state index contributed by atoms with van der Waals surface area (Å²) in [5, 5.41) is 0. The van der Waals surface area contributed by atoms with Crippen molar-refractivity contribution in [3.63, 3.8) is 0 Å². The summed E-state index contributed by atoms with van der Waals surface area (Å²) in [6.45, 7) is 6.39. The fourth-order valence-corrected chi connectivity index (χ4v) is 3.00. The molecule has 0 bridgehead atoms. The van der Waals surface area contributed by atoms with Crippen LogP contribution in [0, 0.1) is 5.92 Å². The predicted molar refractivity (Wildman–Crippen MR) is 71.1 cm³/mol. The molecule has 1 atom stereocenters. The van der Waals surface area contributed by atoms with E-state index in [4.69, 9.17) is 9.47 Å². The van der Waals surface area contributed by atoms with Crippen LogP contribution >= 0.6 is 0 Å². The van der Waals surface area contributed by atoms with E-state index in [0.29, 0.717) is 6.79 Å². The first-order chi connectivity index (χ1) is 8.85. The Hall–Kier alpha value is -1.22. The molecule has 3 nitrogen and oxygen atoms in total. The van der Waals surface area contributed by atoms with Crippen molar-refractivity contribution in [2.24, 2.45) is 5.92 Å². The number of rotatable bonds is 4. The second kappa shape index (κ2) is 5.19. The van der Waals surface area contributed by atoms with E-state index in [2.05, 4.69) is 24.0 Å². The number of likely N-dealkylation sites (tertiary alicyclic amines) is 1. The van der Waals surface area contributed by atoms with Crippen LogP contribution in [-0.2, 0) is 6.42 Å². The molecule has 2 heterocycles. The molecule has 1 aromatic carbocycles. The van der Waals surface area contributed by atoms with E-state index in [1.807, 2.05) is 6.07 Å². The number of hydrogen-bond donors (Lipinski definition) is 0. The molecule has 2 aliphatic heterocycles. The third-order valence-electron chi connectivity index (χ3n) is 3.87. The molecule has 0 amide bonds. The molecule has 0 radical (unpaired) electrons. The molecule has 18 heavy (non-hydrogen) atoms. The molecule has 1 unspecified atom stereocenters. The minimum atomic E-state index is 0.368. The summed E-state index contributed by atoms with van der Waals surface area (Å²) >= 11 is 0. The van der Waals surface area contributed by atoms with Gasteiger partial charge in [-0.05, 0) is 56.0 Å². The van der Waals surface area contributed by atoms with Gasteiger partial charge in [0.15, 0.2) is 11.5 Å². The lowest BCUT2D eigenvalue weighted by molar-refractivity contribution is 0.174. The van der Waals surface area contributed by atoms with Gasteiger partial charge in [0.2, 0.25) is 6.79 Å². The standard InChI is InChI=1S/C15H21NO2/c1-2-6-16-7-5-13(10-16)8-12-3-4-14-15(9-12)18-11-17-14/h3-4,9,13H,2,5-8,10-11H2,1H3. The summed E-state index contributed by atoms with van der Waals surface area (Å²) in [5.41, 5.74) is 1.38. The minimum absolute atomic E-state index is 0.368. The Kier molecular flexibility index (Phi) is 3.41. The molecule has 0 spiro atoms. The first-order valence-electron chi connectivity index (χ1n) is 6.96. The molecule has 98 valence electrons. The van der Waals surface area contributed by atoms with Gasteiger partial charge in [-0.15, -0.1) is 0 Å². The van der Waals surface area contributed by atoms with Gasteiger partial charge < -0.3 is 14.4 Å². The van der Waals surface area contributed by atoms with Crippen LogP contribution in [-0.4, -0.2) is 31.3 Å². The third kappa shape index (κ3) is 2.46. The molecular formula is C15H21NO2. The molecule has 1 fully saturated rings. The Labute approximate surface area is 109 Å². The van der Waals surface area contributed by atoms with E-state index >= 15 is 0 Å². The van der Waals surface area contributed by atoms with Crippen LogP contribution in [0.25, 0.3) is 0 Å². The molecule has 0 saturated carbocycles. The van der Waals surface area contributed by atoms with E-state index in [0.717, 1.165) is 23.8 Å². The maximum Gasteiger partial charge on any atom is 0.231 e. The van der Waals surface area contributed by atoms with Crippen molar-refractivity contribution in [3.8, 4) is 11.5 Å². The summed E-state index contributed by atoms with van der Waals surface area (Å²) in [6.07, 6.45) is 3.75. The zero-order chi connectivity index (χ0) is 12.4. The third-order valence-corrected chi connectivity index (χ3v) is 3.87. The van der Waals surface area contributed by atoms with E-state index < -0.39 is 0 Å². The second-order valence-corrected chi connectivity index (χ2v) is 5.35. The smallest absolute Gasteiger partial charge is 0.231 e. The van der Waals surface area contributed by atoms with Gasteiger partial charge in [-0.3, -0.25) is 0 Å². The molecule has 3 heteroatoms. The molecule has 1 saturated heterocycles. The summed E-state index contributed by atoms with van der Waals surface area (Å²) in [5.74, 6) is 2.60. The molecule has 3 rings (SSSR count). The molecule has 0 aliphatic carbocycles. The van der Waals surface area contributed by atoms with Crippen LogP contribution in [0.5, 0.6) is 11.5 Å². The Morgan fingerprint density at radius 1 is 1.28 bits per heavy atom. The number of ether oxygens (including phenoxy) is 2. The van der Waals surface area contributed by atoms with Crippen molar-refractivity contribution < 1.29 is 9.47 Å². The number of benzene rings is 1. The van der Waals surface area contributed by atoms with Gasteiger partial charge in [0.1, 0.15) is 0 Å². The van der Waals surface area contributed by atoms with Crippen molar-refractivity contribution in [1.82, 2.24) is 4.90 Å². The molecule has 0 N–H and O–H groups in total. The van der Waals surface area contributed by atoms with Crippen molar-refractivity contribution in [1.29, 1.82) is 0 Å². The van der Waals surface area contributed by atoms with Crippen LogP contribution in [0.2, 0.25) is 0 Å². The maximum atomic E-state index is 5.43. The summed E-state index contributed by atoms with van der Waals surface area (Å²) in [6, 6.07) is 6.36. The largest absolute Gasteiger partial charge is 0.454 e. The first kappa shape index (κ1) is 11.8. The highest BCUT2D eigenvalue weighted by molar-refractivity contribution is 5.44. The van der Waals surface area contributed by atoms with Crippen molar-refractivity contribution in [3.05, 3.63) is 23.8 Å². The van der Waals surface area contributed by atoms with Crippen LogP contribution < -0.4 is 9.47 Å². The Morgan fingerprint density at radius 2 is 2.17 bits per heavy atom. The lowest BCUT2D eigenvalue weighted by Gasteiger charge is -2.14. The normalized spacial score (nSPS) is 22.6. The number of hydrogen-bond acceptors (Lipinski definition) is 3. The van der Waals surface area contributed by atoms with Crippen LogP contribution in [0.15, 0.2) is 18.2 Å². The highest BCUT2D eigenvalue weighted by Gasteiger charge is 2.22. The molecule has 2 aliphatic rings. The average molecular weight is 247 g/mol. The van der Waals surface area contributed by atoms with Gasteiger partial charge in [-0.2, -0.15) is 0 Å². The number of fused-ring (bicyclic) bond motifs is 1. The lowest BCUT2D eigenvalue weighted by Crippen LogP contribution is -2.21. The predicted octanol–water partition coefficient (Wildman–Crippen LogP) is 2.69. The summed E-state index contributed by atoms with van der Waals surface area (Å²) < 4.78 is 10.8. The van der Waals surface area contributed by atoms with E-state index in [9.17, 15) is 0 Å². The van der Waals surface area contributed by atoms with E-state index in [1.165, 1.54) is 38.0 Å². The Bertz CT molecular complexity index is 419. The fourth-order valence-electron chi connectivity index (χ4n) is 3.00. The van der Waals surface area contributed by atoms with E-state index in [1.54, 1.807) is 0 Å². The van der Waals surface area contributed by atoms with Gasteiger partial charge >= 0.3 is 0 Å². The molecular weight excluding hydrogens is 226 g/mol. The quantitative estimate of drug-likeness (QED) is 0.816. The van der Waals surface area contributed by atoms with Gasteiger partial charge in [0, 0.05) is 6.54 Å². The van der Waals surface area contributed by atoms with E-state index in [-0.39, 0.29) is 0 Å². The lowest BCUT2D eigenvalue weighted by atomic mass is 9.98. The molecule has 0 aromatic heterocycles. The number of nitrogens with zero attached hydrogens (tertiary/aromatic N) is 1. The second-order valence-electron chi connectivity index (χ2n) is 5.35. The monoisotopic (exact) mass is 247 g/mol. The Morgan fingerprint density at radius 3 is 3.06 bits per heavy atom. The van der Waals surface area contributed by atoms with Crippen LogP contribution in [0.3, 0.4) is 0 Å². The highest BCUT2D eigenvalue weighted by atomic mass is 16.7. The molecule has 1 aromatic rings.